The van der Waals surface area contributed by atoms with Gasteiger partial charge in [-0.2, -0.15) is 0 Å². The lowest BCUT2D eigenvalue weighted by molar-refractivity contribution is 0.162. The Balaban J connectivity index is 1.91. The van der Waals surface area contributed by atoms with Gasteiger partial charge in [0.25, 0.3) is 0 Å². The molecule has 0 aliphatic carbocycles. The standard InChI is InChI=1S/C14H20N4O/c1-8(2)16-14(19)18-10-4-5-13(18)11-7-15-9(3)17-12(11)6-10/h7-8,10,13H,4-6H2,1-3H3,(H,16,19)/t10-,13+/m0/s1. The van der Waals surface area contributed by atoms with E-state index in [9.17, 15) is 4.79 Å². The molecule has 3 rings (SSSR count). The highest BCUT2D eigenvalue weighted by Crippen LogP contribution is 2.42. The zero-order chi connectivity index (χ0) is 13.6. The molecule has 2 amide bonds. The van der Waals surface area contributed by atoms with Crippen LogP contribution in [0.2, 0.25) is 0 Å². The van der Waals surface area contributed by atoms with Crippen LogP contribution in [0.5, 0.6) is 0 Å². The average Bonchev–Trinajstić information content (AvgIpc) is 2.64. The Kier molecular flexibility index (Phi) is 2.92. The van der Waals surface area contributed by atoms with E-state index in [-0.39, 0.29) is 18.1 Å². The number of rotatable bonds is 1. The molecule has 2 aliphatic rings. The second kappa shape index (κ2) is 4.47. The van der Waals surface area contributed by atoms with E-state index in [1.54, 1.807) is 0 Å². The molecule has 102 valence electrons. The molecule has 5 nitrogen and oxygen atoms in total. The third kappa shape index (κ3) is 2.07. The second-order valence-electron chi connectivity index (χ2n) is 5.78. The maximum atomic E-state index is 12.3. The predicted octanol–water partition coefficient (Wildman–Crippen LogP) is 1.96. The van der Waals surface area contributed by atoms with Gasteiger partial charge in [0, 0.05) is 30.3 Å². The zero-order valence-electron chi connectivity index (χ0n) is 11.7. The van der Waals surface area contributed by atoms with Crippen molar-refractivity contribution >= 4 is 6.03 Å². The summed E-state index contributed by atoms with van der Waals surface area (Å²) in [5.74, 6) is 0.818. The molecule has 19 heavy (non-hydrogen) atoms. The molecule has 0 unspecified atom stereocenters. The first kappa shape index (κ1) is 12.4. The summed E-state index contributed by atoms with van der Waals surface area (Å²) >= 11 is 0. The third-order valence-corrected chi connectivity index (χ3v) is 3.96. The molecule has 0 radical (unpaired) electrons. The quantitative estimate of drug-likeness (QED) is 0.839. The minimum atomic E-state index is 0.0497. The fourth-order valence-corrected chi connectivity index (χ4v) is 3.21. The molecular weight excluding hydrogens is 240 g/mol. The number of hydrogen-bond donors (Lipinski definition) is 1. The Morgan fingerprint density at radius 3 is 3.00 bits per heavy atom. The van der Waals surface area contributed by atoms with Gasteiger partial charge in [-0.3, -0.25) is 0 Å². The maximum Gasteiger partial charge on any atom is 0.318 e. The van der Waals surface area contributed by atoms with Gasteiger partial charge in [-0.05, 0) is 33.6 Å². The van der Waals surface area contributed by atoms with Gasteiger partial charge in [-0.15, -0.1) is 0 Å². The minimum Gasteiger partial charge on any atom is -0.336 e. The van der Waals surface area contributed by atoms with Crippen LogP contribution in [0.4, 0.5) is 4.79 Å². The first-order valence-corrected chi connectivity index (χ1v) is 6.97. The summed E-state index contributed by atoms with van der Waals surface area (Å²) in [6, 6.07) is 0.676. The monoisotopic (exact) mass is 260 g/mol. The number of urea groups is 1. The summed E-state index contributed by atoms with van der Waals surface area (Å²) in [4.78, 5) is 23.2. The lowest BCUT2D eigenvalue weighted by Crippen LogP contribution is -2.49. The fourth-order valence-electron chi connectivity index (χ4n) is 3.21. The van der Waals surface area contributed by atoms with E-state index in [0.29, 0.717) is 6.04 Å². The highest BCUT2D eigenvalue weighted by Gasteiger charge is 2.43. The third-order valence-electron chi connectivity index (χ3n) is 3.96. The van der Waals surface area contributed by atoms with Crippen molar-refractivity contribution in [1.82, 2.24) is 20.2 Å². The van der Waals surface area contributed by atoms with Crippen LogP contribution >= 0.6 is 0 Å². The average molecular weight is 260 g/mol. The van der Waals surface area contributed by atoms with Gasteiger partial charge >= 0.3 is 6.03 Å². The van der Waals surface area contributed by atoms with Crippen LogP contribution in [-0.2, 0) is 6.42 Å². The van der Waals surface area contributed by atoms with Crippen LogP contribution < -0.4 is 5.32 Å². The van der Waals surface area contributed by atoms with Crippen LogP contribution in [-0.4, -0.2) is 33.0 Å². The van der Waals surface area contributed by atoms with E-state index in [0.717, 1.165) is 36.3 Å². The fraction of sp³-hybridized carbons (Fsp3) is 0.643. The number of carbonyl (C=O) groups excluding carboxylic acids is 1. The number of hydrogen-bond acceptors (Lipinski definition) is 3. The lowest BCUT2D eigenvalue weighted by Gasteiger charge is -2.36. The molecule has 1 aromatic heterocycles. The number of carbonyl (C=O) groups is 1. The van der Waals surface area contributed by atoms with Crippen LogP contribution in [0, 0.1) is 6.92 Å². The number of aryl methyl sites for hydroxylation is 1. The van der Waals surface area contributed by atoms with Crippen molar-refractivity contribution < 1.29 is 4.79 Å². The lowest BCUT2D eigenvalue weighted by atomic mass is 9.99. The van der Waals surface area contributed by atoms with Gasteiger partial charge < -0.3 is 10.2 Å². The van der Waals surface area contributed by atoms with Gasteiger partial charge in [-0.25, -0.2) is 14.8 Å². The Labute approximate surface area is 113 Å². The summed E-state index contributed by atoms with van der Waals surface area (Å²) in [6.45, 7) is 5.90. The number of aromatic nitrogens is 2. The van der Waals surface area contributed by atoms with Crippen LogP contribution in [0.25, 0.3) is 0 Å². The highest BCUT2D eigenvalue weighted by atomic mass is 16.2. The van der Waals surface area contributed by atoms with Gasteiger partial charge in [-0.1, -0.05) is 0 Å². The smallest absolute Gasteiger partial charge is 0.318 e. The predicted molar refractivity (Wildman–Crippen MR) is 71.7 cm³/mol. The van der Waals surface area contributed by atoms with E-state index in [4.69, 9.17) is 0 Å². The summed E-state index contributed by atoms with van der Waals surface area (Å²) < 4.78 is 0. The van der Waals surface area contributed by atoms with Crippen molar-refractivity contribution in [2.75, 3.05) is 0 Å². The Hall–Kier alpha value is -1.65. The van der Waals surface area contributed by atoms with Gasteiger partial charge in [0.05, 0.1) is 11.7 Å². The summed E-state index contributed by atoms with van der Waals surface area (Å²) in [7, 11) is 0. The van der Waals surface area contributed by atoms with Crippen molar-refractivity contribution in [3.05, 3.63) is 23.3 Å². The Bertz CT molecular complexity index is 514. The maximum absolute atomic E-state index is 12.3. The van der Waals surface area contributed by atoms with Crippen molar-refractivity contribution in [1.29, 1.82) is 0 Å². The summed E-state index contributed by atoms with van der Waals surface area (Å²) in [6.07, 6.45) is 4.85. The first-order chi connectivity index (χ1) is 9.06. The van der Waals surface area contributed by atoms with E-state index in [2.05, 4.69) is 15.3 Å². The van der Waals surface area contributed by atoms with Gasteiger partial charge in [0.1, 0.15) is 5.82 Å². The molecule has 2 atom stereocenters. The van der Waals surface area contributed by atoms with Crippen LogP contribution in [0.1, 0.15) is 49.8 Å². The molecule has 2 bridgehead atoms. The molecule has 0 saturated carbocycles. The van der Waals surface area contributed by atoms with Crippen molar-refractivity contribution in [3.63, 3.8) is 0 Å². The normalized spacial score (nSPS) is 24.5. The van der Waals surface area contributed by atoms with E-state index in [1.165, 1.54) is 0 Å². The van der Waals surface area contributed by atoms with E-state index in [1.807, 2.05) is 31.9 Å². The largest absolute Gasteiger partial charge is 0.336 e. The SMILES string of the molecule is Cc1ncc2c(n1)C[C@@H]1CC[C@H]2N1C(=O)NC(C)C. The molecular formula is C14H20N4O. The Morgan fingerprint density at radius 2 is 2.26 bits per heavy atom. The molecule has 1 saturated heterocycles. The number of amides is 2. The topological polar surface area (TPSA) is 58.1 Å². The Morgan fingerprint density at radius 1 is 1.47 bits per heavy atom. The molecule has 3 heterocycles. The van der Waals surface area contributed by atoms with Crippen LogP contribution in [0.15, 0.2) is 6.20 Å². The number of nitrogens with zero attached hydrogens (tertiary/aromatic N) is 3. The summed E-state index contributed by atoms with van der Waals surface area (Å²) in [5.41, 5.74) is 2.27. The minimum absolute atomic E-state index is 0.0497. The van der Waals surface area contributed by atoms with Crippen molar-refractivity contribution in [2.45, 2.75) is 58.2 Å². The highest BCUT2D eigenvalue weighted by molar-refractivity contribution is 5.76. The summed E-state index contributed by atoms with van der Waals surface area (Å²) in [5, 5.41) is 3.00. The molecule has 1 fully saturated rings. The molecule has 1 N–H and O–H groups in total. The second-order valence-corrected chi connectivity index (χ2v) is 5.78. The van der Waals surface area contributed by atoms with Crippen molar-refractivity contribution in [3.8, 4) is 0 Å². The van der Waals surface area contributed by atoms with Gasteiger partial charge in [0.15, 0.2) is 0 Å². The molecule has 0 spiro atoms. The van der Waals surface area contributed by atoms with Crippen LogP contribution in [0.3, 0.4) is 0 Å². The van der Waals surface area contributed by atoms with E-state index >= 15 is 0 Å². The molecule has 5 heteroatoms. The number of nitrogens with one attached hydrogen (secondary N) is 1. The molecule has 2 aliphatic heterocycles. The van der Waals surface area contributed by atoms with Crippen molar-refractivity contribution in [2.24, 2.45) is 0 Å². The molecule has 1 aromatic rings. The zero-order valence-corrected chi connectivity index (χ0v) is 11.7. The van der Waals surface area contributed by atoms with E-state index < -0.39 is 0 Å². The number of fused-ring (bicyclic) bond motifs is 4. The van der Waals surface area contributed by atoms with Gasteiger partial charge in [0.2, 0.25) is 0 Å². The molecule has 0 aromatic carbocycles. The first-order valence-electron chi connectivity index (χ1n) is 6.97.